The van der Waals surface area contributed by atoms with E-state index in [1.165, 1.54) is 10.9 Å². The average Bonchev–Trinajstić information content (AvgIpc) is 2.43. The zero-order valence-corrected chi connectivity index (χ0v) is 11.9. The summed E-state index contributed by atoms with van der Waals surface area (Å²) in [7, 11) is 1.96. The molecule has 0 aromatic heterocycles. The zero-order chi connectivity index (χ0) is 13.8. The van der Waals surface area contributed by atoms with Crippen LogP contribution in [-0.4, -0.2) is 13.7 Å². The first-order valence-corrected chi connectivity index (χ1v) is 6.59. The van der Waals surface area contributed by atoms with E-state index < -0.39 is 0 Å². The Hall–Kier alpha value is -1.80. The molecular formula is C17H21NO. The normalized spacial score (nSPS) is 12.4. The lowest BCUT2D eigenvalue weighted by Crippen LogP contribution is -2.14. The summed E-state index contributed by atoms with van der Waals surface area (Å²) in [6, 6.07) is 12.8. The van der Waals surface area contributed by atoms with Crippen LogP contribution in [0.5, 0.6) is 5.75 Å². The summed E-state index contributed by atoms with van der Waals surface area (Å²) in [6.07, 6.45) is 0. The van der Waals surface area contributed by atoms with E-state index in [1.54, 1.807) is 0 Å². The molecule has 0 aliphatic heterocycles. The largest absolute Gasteiger partial charge is 0.488 e. The number of benzene rings is 2. The predicted octanol–water partition coefficient (Wildman–Crippen LogP) is 4.08. The minimum Gasteiger partial charge on any atom is -0.488 e. The van der Waals surface area contributed by atoms with Gasteiger partial charge in [0.05, 0.1) is 0 Å². The van der Waals surface area contributed by atoms with E-state index in [9.17, 15) is 0 Å². The Morgan fingerprint density at radius 1 is 1.26 bits per heavy atom. The van der Waals surface area contributed by atoms with Crippen molar-refractivity contribution in [2.45, 2.75) is 19.9 Å². The Morgan fingerprint density at radius 3 is 2.68 bits per heavy atom. The van der Waals surface area contributed by atoms with Crippen LogP contribution in [0.2, 0.25) is 0 Å². The molecule has 2 aromatic rings. The van der Waals surface area contributed by atoms with Gasteiger partial charge >= 0.3 is 0 Å². The molecule has 0 aliphatic carbocycles. The second kappa shape index (κ2) is 5.89. The van der Waals surface area contributed by atoms with Crippen LogP contribution in [-0.2, 0) is 0 Å². The summed E-state index contributed by atoms with van der Waals surface area (Å²) >= 11 is 0. The van der Waals surface area contributed by atoms with Gasteiger partial charge in [0, 0.05) is 17.0 Å². The van der Waals surface area contributed by atoms with Gasteiger partial charge in [0.15, 0.2) is 0 Å². The van der Waals surface area contributed by atoms with Crippen molar-refractivity contribution < 1.29 is 4.74 Å². The third kappa shape index (κ3) is 2.96. The third-order valence-electron chi connectivity index (χ3n) is 3.27. The summed E-state index contributed by atoms with van der Waals surface area (Å²) in [5.41, 5.74) is 2.21. The molecule has 2 rings (SSSR count). The molecule has 0 saturated heterocycles. The van der Waals surface area contributed by atoms with Crippen LogP contribution in [0.15, 0.2) is 48.6 Å². The van der Waals surface area contributed by atoms with Gasteiger partial charge in [-0.3, -0.25) is 0 Å². The summed E-state index contributed by atoms with van der Waals surface area (Å²) in [6.45, 7) is 8.57. The van der Waals surface area contributed by atoms with Crippen molar-refractivity contribution in [1.82, 2.24) is 5.32 Å². The molecule has 19 heavy (non-hydrogen) atoms. The second-order valence-electron chi connectivity index (χ2n) is 4.96. The number of rotatable bonds is 5. The fraction of sp³-hybridized carbons (Fsp3) is 0.294. The van der Waals surface area contributed by atoms with Crippen molar-refractivity contribution in [1.29, 1.82) is 0 Å². The molecule has 0 aliphatic rings. The molecule has 0 saturated carbocycles. The lowest BCUT2D eigenvalue weighted by molar-refractivity contribution is 0.349. The van der Waals surface area contributed by atoms with E-state index in [1.807, 2.05) is 26.1 Å². The molecular weight excluding hydrogens is 234 g/mol. The number of hydrogen-bond donors (Lipinski definition) is 1. The van der Waals surface area contributed by atoms with Crippen LogP contribution < -0.4 is 10.1 Å². The molecule has 0 radical (unpaired) electrons. The lowest BCUT2D eigenvalue weighted by atomic mass is 10.0. The SMILES string of the molecule is C=C(C)COc1c(C(C)NC)ccc2ccccc12. The molecule has 1 atom stereocenters. The Labute approximate surface area is 115 Å². The van der Waals surface area contributed by atoms with Crippen molar-refractivity contribution in [3.63, 3.8) is 0 Å². The van der Waals surface area contributed by atoms with Gasteiger partial charge in [0.2, 0.25) is 0 Å². The number of nitrogens with one attached hydrogen (secondary N) is 1. The first-order valence-electron chi connectivity index (χ1n) is 6.59. The molecule has 2 heteroatoms. The minimum atomic E-state index is 0.254. The highest BCUT2D eigenvalue weighted by Crippen LogP contribution is 2.33. The lowest BCUT2D eigenvalue weighted by Gasteiger charge is -2.18. The van der Waals surface area contributed by atoms with Gasteiger partial charge in [-0.2, -0.15) is 0 Å². The van der Waals surface area contributed by atoms with Gasteiger partial charge in [0.1, 0.15) is 12.4 Å². The summed E-state index contributed by atoms with van der Waals surface area (Å²) in [4.78, 5) is 0. The van der Waals surface area contributed by atoms with Crippen molar-refractivity contribution in [2.75, 3.05) is 13.7 Å². The molecule has 0 heterocycles. The Kier molecular flexibility index (Phi) is 4.23. The summed E-state index contributed by atoms with van der Waals surface area (Å²) < 4.78 is 6.00. The topological polar surface area (TPSA) is 21.3 Å². The van der Waals surface area contributed by atoms with Crippen LogP contribution in [0, 0.1) is 0 Å². The maximum Gasteiger partial charge on any atom is 0.132 e. The predicted molar refractivity (Wildman–Crippen MR) is 81.7 cm³/mol. The van der Waals surface area contributed by atoms with Gasteiger partial charge in [-0.15, -0.1) is 0 Å². The van der Waals surface area contributed by atoms with E-state index >= 15 is 0 Å². The van der Waals surface area contributed by atoms with Crippen molar-refractivity contribution >= 4 is 10.8 Å². The second-order valence-corrected chi connectivity index (χ2v) is 4.96. The first-order chi connectivity index (χ1) is 9.13. The van der Waals surface area contributed by atoms with Gasteiger partial charge in [-0.05, 0) is 31.9 Å². The molecule has 0 fully saturated rings. The highest BCUT2D eigenvalue weighted by atomic mass is 16.5. The molecule has 1 unspecified atom stereocenters. The first kappa shape index (κ1) is 13.6. The highest BCUT2D eigenvalue weighted by molar-refractivity contribution is 5.89. The maximum absolute atomic E-state index is 6.00. The fourth-order valence-corrected chi connectivity index (χ4v) is 2.11. The van der Waals surface area contributed by atoms with Gasteiger partial charge in [-0.1, -0.05) is 43.0 Å². The van der Waals surface area contributed by atoms with E-state index in [2.05, 4.69) is 43.1 Å². The minimum absolute atomic E-state index is 0.254. The van der Waals surface area contributed by atoms with Crippen LogP contribution in [0.3, 0.4) is 0 Å². The van der Waals surface area contributed by atoms with Crippen molar-refractivity contribution in [3.05, 3.63) is 54.1 Å². The summed E-state index contributed by atoms with van der Waals surface area (Å²) in [5, 5.41) is 5.63. The standard InChI is InChI=1S/C17H21NO/c1-12(2)11-19-17-15(13(3)18-4)10-9-14-7-5-6-8-16(14)17/h5-10,13,18H,1,11H2,2-4H3. The van der Waals surface area contributed by atoms with Gasteiger partial charge in [-0.25, -0.2) is 0 Å². The van der Waals surface area contributed by atoms with E-state index in [-0.39, 0.29) is 6.04 Å². The molecule has 0 amide bonds. The maximum atomic E-state index is 6.00. The average molecular weight is 255 g/mol. The van der Waals surface area contributed by atoms with Crippen molar-refractivity contribution in [3.8, 4) is 5.75 Å². The van der Waals surface area contributed by atoms with E-state index in [0.717, 1.165) is 16.7 Å². The number of fused-ring (bicyclic) bond motifs is 1. The van der Waals surface area contributed by atoms with Crippen LogP contribution in [0.1, 0.15) is 25.5 Å². The number of hydrogen-bond acceptors (Lipinski definition) is 2. The molecule has 2 aromatic carbocycles. The molecule has 100 valence electrons. The fourth-order valence-electron chi connectivity index (χ4n) is 2.11. The van der Waals surface area contributed by atoms with E-state index in [4.69, 9.17) is 4.74 Å². The third-order valence-corrected chi connectivity index (χ3v) is 3.27. The summed E-state index contributed by atoms with van der Waals surface area (Å²) in [5.74, 6) is 0.961. The Morgan fingerprint density at radius 2 is 2.00 bits per heavy atom. The molecule has 2 nitrogen and oxygen atoms in total. The monoisotopic (exact) mass is 255 g/mol. The van der Waals surface area contributed by atoms with Gasteiger partial charge in [0.25, 0.3) is 0 Å². The quantitative estimate of drug-likeness (QED) is 0.813. The number of ether oxygens (including phenoxy) is 1. The van der Waals surface area contributed by atoms with Crippen LogP contribution in [0.25, 0.3) is 10.8 Å². The highest BCUT2D eigenvalue weighted by Gasteiger charge is 2.13. The Bertz CT molecular complexity index is 589. The molecule has 1 N–H and O–H groups in total. The van der Waals surface area contributed by atoms with Gasteiger partial charge < -0.3 is 10.1 Å². The smallest absolute Gasteiger partial charge is 0.132 e. The van der Waals surface area contributed by atoms with Crippen molar-refractivity contribution in [2.24, 2.45) is 0 Å². The van der Waals surface area contributed by atoms with Crippen LogP contribution >= 0.6 is 0 Å². The Balaban J connectivity index is 2.54. The van der Waals surface area contributed by atoms with Crippen LogP contribution in [0.4, 0.5) is 0 Å². The van der Waals surface area contributed by atoms with E-state index in [0.29, 0.717) is 6.61 Å². The molecule has 0 spiro atoms. The molecule has 0 bridgehead atoms. The zero-order valence-electron chi connectivity index (χ0n) is 11.9.